The molecule has 0 bridgehead atoms. The van der Waals surface area contributed by atoms with Crippen molar-refractivity contribution >= 4 is 0 Å². The van der Waals surface area contributed by atoms with Crippen molar-refractivity contribution in [1.82, 2.24) is 0 Å². The van der Waals surface area contributed by atoms with E-state index in [4.69, 9.17) is 9.47 Å². The van der Waals surface area contributed by atoms with E-state index in [0.717, 1.165) is 32.5 Å². The Morgan fingerprint density at radius 3 is 2.36 bits per heavy atom. The zero-order chi connectivity index (χ0) is 8.53. The van der Waals surface area contributed by atoms with Crippen molar-refractivity contribution in [1.29, 1.82) is 0 Å². The average Bonchev–Trinajstić information content (AvgIpc) is 2.03. The van der Waals surface area contributed by atoms with Gasteiger partial charge in [-0.05, 0) is 12.8 Å². The summed E-state index contributed by atoms with van der Waals surface area (Å²) >= 11 is 0. The van der Waals surface area contributed by atoms with Gasteiger partial charge >= 0.3 is 0 Å². The number of rotatable bonds is 7. The summed E-state index contributed by atoms with van der Waals surface area (Å²) < 4.78 is 10.6. The lowest BCUT2D eigenvalue weighted by Crippen LogP contribution is -2.18. The fourth-order valence-electron chi connectivity index (χ4n) is 0.950. The highest BCUT2D eigenvalue weighted by Gasteiger charge is 2.04. The second kappa shape index (κ2) is 8.02. The van der Waals surface area contributed by atoms with E-state index in [9.17, 15) is 0 Å². The molecule has 1 unspecified atom stereocenters. The lowest BCUT2D eigenvalue weighted by atomic mass is 10.2. The van der Waals surface area contributed by atoms with Gasteiger partial charge in [0.15, 0.2) is 0 Å². The third kappa shape index (κ3) is 6.32. The zero-order valence-electron chi connectivity index (χ0n) is 7.93. The van der Waals surface area contributed by atoms with Crippen LogP contribution in [0.1, 0.15) is 33.1 Å². The average molecular weight is 160 g/mol. The molecule has 0 aliphatic rings. The third-order valence-corrected chi connectivity index (χ3v) is 1.60. The molecule has 0 aliphatic heterocycles. The van der Waals surface area contributed by atoms with Crippen LogP contribution < -0.4 is 0 Å². The van der Waals surface area contributed by atoms with E-state index in [1.54, 1.807) is 7.11 Å². The van der Waals surface area contributed by atoms with E-state index in [2.05, 4.69) is 13.8 Å². The molecule has 0 N–H and O–H groups in total. The van der Waals surface area contributed by atoms with E-state index < -0.39 is 0 Å². The monoisotopic (exact) mass is 160 g/mol. The van der Waals surface area contributed by atoms with Crippen LogP contribution in [0.25, 0.3) is 0 Å². The van der Waals surface area contributed by atoms with Crippen molar-refractivity contribution in [2.24, 2.45) is 0 Å². The molecule has 0 fully saturated rings. The minimum Gasteiger partial charge on any atom is -0.379 e. The van der Waals surface area contributed by atoms with Gasteiger partial charge in [-0.25, -0.2) is 0 Å². The van der Waals surface area contributed by atoms with Crippen LogP contribution in [0, 0.1) is 0 Å². The minimum absolute atomic E-state index is 0.298. The Bertz CT molecular complexity index is 74.0. The van der Waals surface area contributed by atoms with Crippen molar-refractivity contribution in [3.63, 3.8) is 0 Å². The molecule has 0 amide bonds. The lowest BCUT2D eigenvalue weighted by molar-refractivity contribution is 0.00433. The molecule has 1 atom stereocenters. The van der Waals surface area contributed by atoms with Crippen molar-refractivity contribution < 1.29 is 9.47 Å². The SMILES string of the molecule is CCCOCC(CCC)OC. The molecule has 2 nitrogen and oxygen atoms in total. The van der Waals surface area contributed by atoms with Crippen LogP contribution in [0.2, 0.25) is 0 Å². The lowest BCUT2D eigenvalue weighted by Gasteiger charge is -2.13. The van der Waals surface area contributed by atoms with Crippen LogP contribution in [0.3, 0.4) is 0 Å². The van der Waals surface area contributed by atoms with Crippen molar-refractivity contribution in [3.8, 4) is 0 Å². The van der Waals surface area contributed by atoms with Gasteiger partial charge in [-0.15, -0.1) is 0 Å². The van der Waals surface area contributed by atoms with Crippen molar-refractivity contribution in [2.45, 2.75) is 39.2 Å². The van der Waals surface area contributed by atoms with Gasteiger partial charge in [0.2, 0.25) is 0 Å². The summed E-state index contributed by atoms with van der Waals surface area (Å²) in [7, 11) is 1.75. The fraction of sp³-hybridized carbons (Fsp3) is 1.00. The first kappa shape index (κ1) is 10.9. The summed E-state index contributed by atoms with van der Waals surface area (Å²) in [6, 6.07) is 0. The molecule has 0 spiro atoms. The highest BCUT2D eigenvalue weighted by atomic mass is 16.5. The fourth-order valence-corrected chi connectivity index (χ4v) is 0.950. The smallest absolute Gasteiger partial charge is 0.0804 e. The Labute approximate surface area is 69.9 Å². The topological polar surface area (TPSA) is 18.5 Å². The second-order valence-electron chi connectivity index (χ2n) is 2.72. The summed E-state index contributed by atoms with van der Waals surface area (Å²) in [5.41, 5.74) is 0. The molecule has 0 heterocycles. The third-order valence-electron chi connectivity index (χ3n) is 1.60. The van der Waals surface area contributed by atoms with Crippen LogP contribution in [0.4, 0.5) is 0 Å². The van der Waals surface area contributed by atoms with E-state index in [-0.39, 0.29) is 0 Å². The van der Waals surface area contributed by atoms with Gasteiger partial charge in [-0.2, -0.15) is 0 Å². The Morgan fingerprint density at radius 2 is 1.91 bits per heavy atom. The van der Waals surface area contributed by atoms with Crippen LogP contribution in [-0.4, -0.2) is 26.4 Å². The Hall–Kier alpha value is -0.0800. The minimum atomic E-state index is 0.298. The normalized spacial score (nSPS) is 13.4. The van der Waals surface area contributed by atoms with Gasteiger partial charge in [0, 0.05) is 13.7 Å². The first-order chi connectivity index (χ1) is 5.35. The molecule has 2 heteroatoms. The highest BCUT2D eigenvalue weighted by Crippen LogP contribution is 2.01. The van der Waals surface area contributed by atoms with Crippen LogP contribution in [0.15, 0.2) is 0 Å². The van der Waals surface area contributed by atoms with E-state index in [1.807, 2.05) is 0 Å². The molecule has 0 rings (SSSR count). The molecule has 0 aromatic heterocycles. The van der Waals surface area contributed by atoms with Gasteiger partial charge in [-0.1, -0.05) is 20.3 Å². The van der Waals surface area contributed by atoms with E-state index >= 15 is 0 Å². The van der Waals surface area contributed by atoms with Gasteiger partial charge in [0.05, 0.1) is 12.7 Å². The maximum atomic E-state index is 5.36. The summed E-state index contributed by atoms with van der Waals surface area (Å²) in [4.78, 5) is 0. The Balaban J connectivity index is 3.20. The van der Waals surface area contributed by atoms with E-state index in [0.29, 0.717) is 6.10 Å². The summed E-state index contributed by atoms with van der Waals surface area (Å²) in [5, 5.41) is 0. The largest absolute Gasteiger partial charge is 0.379 e. The van der Waals surface area contributed by atoms with Crippen LogP contribution in [-0.2, 0) is 9.47 Å². The molecule has 0 radical (unpaired) electrons. The predicted molar refractivity (Wildman–Crippen MR) is 46.8 cm³/mol. The summed E-state index contributed by atoms with van der Waals surface area (Å²) in [5.74, 6) is 0. The van der Waals surface area contributed by atoms with Crippen molar-refractivity contribution in [2.75, 3.05) is 20.3 Å². The second-order valence-corrected chi connectivity index (χ2v) is 2.72. The molecule has 0 saturated carbocycles. The maximum absolute atomic E-state index is 5.36. The molecule has 68 valence electrons. The number of hydrogen-bond acceptors (Lipinski definition) is 2. The first-order valence-corrected chi connectivity index (χ1v) is 4.45. The van der Waals surface area contributed by atoms with Crippen molar-refractivity contribution in [3.05, 3.63) is 0 Å². The molecular weight excluding hydrogens is 140 g/mol. The van der Waals surface area contributed by atoms with Gasteiger partial charge in [0.25, 0.3) is 0 Å². The number of hydrogen-bond donors (Lipinski definition) is 0. The van der Waals surface area contributed by atoms with Crippen LogP contribution in [0.5, 0.6) is 0 Å². The summed E-state index contributed by atoms with van der Waals surface area (Å²) in [6.45, 7) is 5.87. The van der Waals surface area contributed by atoms with Gasteiger partial charge < -0.3 is 9.47 Å². The zero-order valence-corrected chi connectivity index (χ0v) is 7.93. The van der Waals surface area contributed by atoms with Crippen LogP contribution >= 0.6 is 0 Å². The molecule has 11 heavy (non-hydrogen) atoms. The quantitative estimate of drug-likeness (QED) is 0.532. The predicted octanol–water partition coefficient (Wildman–Crippen LogP) is 2.23. The molecule has 0 aromatic carbocycles. The van der Waals surface area contributed by atoms with E-state index in [1.165, 1.54) is 0 Å². The molecular formula is C9H20O2. The first-order valence-electron chi connectivity index (χ1n) is 4.45. The van der Waals surface area contributed by atoms with Gasteiger partial charge in [0.1, 0.15) is 0 Å². The molecule has 0 aromatic rings. The number of methoxy groups -OCH3 is 1. The molecule has 0 saturated heterocycles. The molecule has 0 aliphatic carbocycles. The summed E-state index contributed by atoms with van der Waals surface area (Å²) in [6.07, 6.45) is 3.64. The standard InChI is InChI=1S/C9H20O2/c1-4-6-9(10-3)8-11-7-5-2/h9H,4-8H2,1-3H3. The van der Waals surface area contributed by atoms with Gasteiger partial charge in [-0.3, -0.25) is 0 Å². The Kier molecular flexibility index (Phi) is 7.96. The number of ether oxygens (including phenoxy) is 2. The highest BCUT2D eigenvalue weighted by molar-refractivity contribution is 4.53. The Morgan fingerprint density at radius 1 is 1.18 bits per heavy atom. The maximum Gasteiger partial charge on any atom is 0.0804 e.